The van der Waals surface area contributed by atoms with Gasteiger partial charge in [-0.25, -0.2) is 9.78 Å². The van der Waals surface area contributed by atoms with Gasteiger partial charge in [-0.3, -0.25) is 9.59 Å². The predicted molar refractivity (Wildman–Crippen MR) is 63.7 cm³/mol. The Morgan fingerprint density at radius 3 is 2.56 bits per heavy atom. The van der Waals surface area contributed by atoms with Gasteiger partial charge in [-0.05, 0) is 31.6 Å². The zero-order valence-electron chi connectivity index (χ0n) is 11.2. The van der Waals surface area contributed by atoms with Gasteiger partial charge in [0.1, 0.15) is 0 Å². The highest BCUT2D eigenvalue weighted by atomic mass is 17.2. The van der Waals surface area contributed by atoms with Gasteiger partial charge in [-0.15, -0.1) is 0 Å². The first-order valence-electron chi connectivity index (χ1n) is 6.73. The number of hydrogen-bond acceptors (Lipinski definition) is 4. The quantitative estimate of drug-likeness (QED) is 0.620. The minimum Gasteiger partial charge on any atom is -0.297 e. The van der Waals surface area contributed by atoms with E-state index >= 15 is 0 Å². The first kappa shape index (κ1) is 12.3. The predicted octanol–water partition coefficient (Wildman–Crippen LogP) is 2.20. The van der Waals surface area contributed by atoms with Crippen LogP contribution in [0.4, 0.5) is 0 Å². The van der Waals surface area contributed by atoms with Crippen molar-refractivity contribution in [3.05, 3.63) is 0 Å². The third kappa shape index (κ3) is 1.23. The summed E-state index contributed by atoms with van der Waals surface area (Å²) in [6.45, 7) is 6.24. The number of hydrogen-bond donors (Lipinski definition) is 0. The van der Waals surface area contributed by atoms with Crippen molar-refractivity contribution in [3.8, 4) is 0 Å². The maximum absolute atomic E-state index is 12.3. The van der Waals surface area contributed by atoms with Crippen LogP contribution in [-0.2, 0) is 19.4 Å². The number of rotatable bonds is 0. The van der Waals surface area contributed by atoms with Gasteiger partial charge in [0.2, 0.25) is 0 Å². The van der Waals surface area contributed by atoms with Crippen molar-refractivity contribution in [1.29, 1.82) is 0 Å². The highest BCUT2D eigenvalue weighted by Gasteiger charge is 2.68. The Kier molecular flexibility index (Phi) is 2.34. The summed E-state index contributed by atoms with van der Waals surface area (Å²) in [4.78, 5) is 34.8. The van der Waals surface area contributed by atoms with E-state index in [1.54, 1.807) is 0 Å². The van der Waals surface area contributed by atoms with Gasteiger partial charge >= 0.3 is 0 Å². The first-order chi connectivity index (χ1) is 8.32. The molecule has 0 radical (unpaired) electrons. The molecule has 100 valence electrons. The second-order valence-corrected chi connectivity index (χ2v) is 6.76. The number of fused-ring (bicyclic) bond motifs is 1. The summed E-state index contributed by atoms with van der Waals surface area (Å²) in [5, 5.41) is 0. The average Bonchev–Trinajstić information content (AvgIpc) is 2.33. The van der Waals surface area contributed by atoms with E-state index in [9.17, 15) is 9.59 Å². The SMILES string of the molecule is CC1(C)CCC(=O)[C@@]2(C)OO[C@H]3C[C@]12CCC3=O. The maximum Gasteiger partial charge on any atom is 0.168 e. The number of carbonyl (C=O) groups is 2. The lowest BCUT2D eigenvalue weighted by molar-refractivity contribution is -0.435. The van der Waals surface area contributed by atoms with Gasteiger partial charge in [0.25, 0.3) is 0 Å². The van der Waals surface area contributed by atoms with Gasteiger partial charge in [-0.2, -0.15) is 0 Å². The fourth-order valence-electron chi connectivity index (χ4n) is 4.26. The summed E-state index contributed by atoms with van der Waals surface area (Å²) < 4.78 is 0. The Morgan fingerprint density at radius 2 is 1.83 bits per heavy atom. The topological polar surface area (TPSA) is 52.6 Å². The molecule has 0 unspecified atom stereocenters. The normalized spacial score (nSPS) is 46.7. The largest absolute Gasteiger partial charge is 0.297 e. The van der Waals surface area contributed by atoms with Crippen molar-refractivity contribution in [3.63, 3.8) is 0 Å². The molecule has 4 nitrogen and oxygen atoms in total. The molecule has 3 atom stereocenters. The second-order valence-electron chi connectivity index (χ2n) is 6.76. The molecular formula is C14H20O4. The fraction of sp³-hybridized carbons (Fsp3) is 0.857. The molecule has 0 aromatic carbocycles. The lowest BCUT2D eigenvalue weighted by Gasteiger charge is -2.62. The van der Waals surface area contributed by atoms with Gasteiger partial charge in [-0.1, -0.05) is 13.8 Å². The summed E-state index contributed by atoms with van der Waals surface area (Å²) >= 11 is 0. The number of carbonyl (C=O) groups excluding carboxylic acids is 2. The van der Waals surface area contributed by atoms with E-state index in [0.29, 0.717) is 19.3 Å². The molecule has 0 aromatic rings. The smallest absolute Gasteiger partial charge is 0.168 e. The van der Waals surface area contributed by atoms with Gasteiger partial charge in [0.15, 0.2) is 23.3 Å². The van der Waals surface area contributed by atoms with E-state index in [0.717, 1.165) is 12.8 Å². The third-order valence-corrected chi connectivity index (χ3v) is 5.74. The van der Waals surface area contributed by atoms with E-state index in [1.165, 1.54) is 0 Å². The molecule has 1 aliphatic heterocycles. The van der Waals surface area contributed by atoms with Crippen molar-refractivity contribution in [1.82, 2.24) is 0 Å². The fourth-order valence-corrected chi connectivity index (χ4v) is 4.26. The van der Waals surface area contributed by atoms with Gasteiger partial charge < -0.3 is 0 Å². The number of ketones is 2. The van der Waals surface area contributed by atoms with E-state index in [1.807, 2.05) is 6.92 Å². The summed E-state index contributed by atoms with van der Waals surface area (Å²) in [6, 6.07) is 0. The van der Waals surface area contributed by atoms with Crippen LogP contribution < -0.4 is 0 Å². The molecule has 4 heteroatoms. The molecule has 2 saturated carbocycles. The molecule has 1 spiro atoms. The van der Waals surface area contributed by atoms with Gasteiger partial charge in [0, 0.05) is 18.3 Å². The van der Waals surface area contributed by atoms with Crippen LogP contribution in [0.3, 0.4) is 0 Å². The summed E-state index contributed by atoms with van der Waals surface area (Å²) in [7, 11) is 0. The van der Waals surface area contributed by atoms with Crippen LogP contribution >= 0.6 is 0 Å². The molecule has 3 rings (SSSR count). The maximum atomic E-state index is 12.3. The molecule has 0 amide bonds. The van der Waals surface area contributed by atoms with Crippen LogP contribution in [-0.4, -0.2) is 23.3 Å². The Bertz CT molecular complexity index is 428. The van der Waals surface area contributed by atoms with Crippen LogP contribution in [0.2, 0.25) is 0 Å². The zero-order valence-corrected chi connectivity index (χ0v) is 11.2. The molecule has 1 saturated heterocycles. The Hall–Kier alpha value is -0.740. The van der Waals surface area contributed by atoms with E-state index in [-0.39, 0.29) is 22.4 Å². The van der Waals surface area contributed by atoms with E-state index in [4.69, 9.17) is 9.78 Å². The van der Waals surface area contributed by atoms with Crippen molar-refractivity contribution in [2.75, 3.05) is 0 Å². The molecule has 3 fully saturated rings. The molecule has 1 heterocycles. The average molecular weight is 252 g/mol. The molecule has 18 heavy (non-hydrogen) atoms. The minimum atomic E-state index is -0.883. The molecule has 0 N–H and O–H groups in total. The summed E-state index contributed by atoms with van der Waals surface area (Å²) in [6.07, 6.45) is 2.79. The molecule has 3 aliphatic rings. The van der Waals surface area contributed by atoms with E-state index in [2.05, 4.69) is 13.8 Å². The van der Waals surface area contributed by atoms with Crippen molar-refractivity contribution in [2.45, 2.75) is 64.6 Å². The second kappa shape index (κ2) is 3.42. The van der Waals surface area contributed by atoms with Crippen molar-refractivity contribution >= 4 is 11.6 Å². The highest BCUT2D eigenvalue weighted by molar-refractivity contribution is 5.91. The molecule has 2 bridgehead atoms. The Labute approximate surface area is 107 Å². The van der Waals surface area contributed by atoms with Gasteiger partial charge in [0.05, 0.1) is 0 Å². The van der Waals surface area contributed by atoms with Crippen LogP contribution in [0.1, 0.15) is 52.9 Å². The van der Waals surface area contributed by atoms with Crippen molar-refractivity contribution in [2.24, 2.45) is 10.8 Å². The van der Waals surface area contributed by atoms with Crippen LogP contribution in [0.5, 0.6) is 0 Å². The monoisotopic (exact) mass is 252 g/mol. The third-order valence-electron chi connectivity index (χ3n) is 5.74. The lowest BCUT2D eigenvalue weighted by atomic mass is 9.45. The molecule has 2 aliphatic carbocycles. The van der Waals surface area contributed by atoms with Crippen LogP contribution in [0.15, 0.2) is 0 Å². The molecule has 0 aromatic heterocycles. The minimum absolute atomic E-state index is 0.00160. The highest BCUT2D eigenvalue weighted by Crippen LogP contribution is 2.64. The Balaban J connectivity index is 2.11. The number of Topliss-reactive ketones (excluding diaryl/α,β-unsaturated/α-hetero) is 2. The van der Waals surface area contributed by atoms with Crippen LogP contribution in [0.25, 0.3) is 0 Å². The molecular weight excluding hydrogens is 232 g/mol. The summed E-state index contributed by atoms with van der Waals surface area (Å²) in [5.41, 5.74) is -1.14. The van der Waals surface area contributed by atoms with E-state index < -0.39 is 11.7 Å². The zero-order chi connectivity index (χ0) is 13.2. The standard InChI is InChI=1S/C14H20O4/c1-12(2)6-5-11(16)13(3)14(12)7-4-9(15)10(8-14)17-18-13/h10H,4-8H2,1-3H3/t10-,13+,14+/m0/s1. The first-order valence-corrected chi connectivity index (χ1v) is 6.73. The Morgan fingerprint density at radius 1 is 1.11 bits per heavy atom. The van der Waals surface area contributed by atoms with Crippen molar-refractivity contribution < 1.29 is 19.4 Å². The lowest BCUT2D eigenvalue weighted by Crippen LogP contribution is -2.69. The summed E-state index contributed by atoms with van der Waals surface area (Å²) in [5.74, 6) is 0.228. The van der Waals surface area contributed by atoms with Crippen LogP contribution in [0, 0.1) is 10.8 Å².